The molecule has 0 atom stereocenters. The molecule has 1 aromatic carbocycles. The van der Waals surface area contributed by atoms with E-state index in [0.717, 1.165) is 5.01 Å². The van der Waals surface area contributed by atoms with Crippen molar-refractivity contribution < 1.29 is 9.72 Å². The Bertz CT molecular complexity index is 683. The minimum atomic E-state index is -0.692. The number of nitro groups is 1. The fraction of sp³-hybridized carbons (Fsp3) is 0.231. The minimum Gasteiger partial charge on any atom is -0.393 e. The number of amides is 1. The number of hydrogen-bond donors (Lipinski definition) is 2. The summed E-state index contributed by atoms with van der Waals surface area (Å²) in [5, 5.41) is 16.2. The summed E-state index contributed by atoms with van der Waals surface area (Å²) >= 11 is 1.41. The molecule has 1 heterocycles. The molecule has 0 aliphatic carbocycles. The van der Waals surface area contributed by atoms with Crippen molar-refractivity contribution in [3.63, 3.8) is 0 Å². The van der Waals surface area contributed by atoms with Gasteiger partial charge in [0.2, 0.25) is 0 Å². The summed E-state index contributed by atoms with van der Waals surface area (Å²) in [6, 6.07) is 4.15. The third-order valence-electron chi connectivity index (χ3n) is 2.92. The van der Waals surface area contributed by atoms with Crippen LogP contribution in [0.4, 0.5) is 11.4 Å². The summed E-state index contributed by atoms with van der Waals surface area (Å²) < 4.78 is 0. The predicted molar refractivity (Wildman–Crippen MR) is 80.1 cm³/mol. The number of nitro benzene ring substituents is 1. The predicted octanol–water partition coefficient (Wildman–Crippen LogP) is 2.30. The Morgan fingerprint density at radius 3 is 2.76 bits per heavy atom. The number of anilines is 1. The van der Waals surface area contributed by atoms with Crippen molar-refractivity contribution in [1.82, 2.24) is 10.3 Å². The standard InChI is InChI=1S/C13H14N4O3S/c1-13(2,12-15-6-7-21-12)16-11(18)8-4-3-5-9(10(8)14)17(19)20/h3-7H,14H2,1-2H3,(H,16,18). The zero-order valence-corrected chi connectivity index (χ0v) is 12.3. The van der Waals surface area contributed by atoms with Crippen molar-refractivity contribution in [3.05, 3.63) is 50.5 Å². The Morgan fingerprint density at radius 1 is 1.48 bits per heavy atom. The van der Waals surface area contributed by atoms with E-state index in [1.165, 1.54) is 29.5 Å². The summed E-state index contributed by atoms with van der Waals surface area (Å²) in [5.74, 6) is -0.476. The first-order chi connectivity index (χ1) is 9.83. The van der Waals surface area contributed by atoms with Crippen molar-refractivity contribution in [2.45, 2.75) is 19.4 Å². The van der Waals surface area contributed by atoms with E-state index in [0.29, 0.717) is 0 Å². The lowest BCUT2D eigenvalue weighted by Gasteiger charge is -2.24. The molecule has 0 unspecified atom stereocenters. The number of nitrogens with zero attached hydrogens (tertiary/aromatic N) is 2. The van der Waals surface area contributed by atoms with Crippen LogP contribution in [0.25, 0.3) is 0 Å². The van der Waals surface area contributed by atoms with Crippen LogP contribution in [0.2, 0.25) is 0 Å². The monoisotopic (exact) mass is 306 g/mol. The first kappa shape index (κ1) is 14.9. The number of carbonyl (C=O) groups excluding carboxylic acids is 1. The van der Waals surface area contributed by atoms with Crippen LogP contribution in [0.15, 0.2) is 29.8 Å². The Labute approximate surface area is 125 Å². The molecule has 2 aromatic rings. The molecular formula is C13H14N4O3S. The van der Waals surface area contributed by atoms with Crippen molar-refractivity contribution in [3.8, 4) is 0 Å². The van der Waals surface area contributed by atoms with Gasteiger partial charge in [-0.25, -0.2) is 4.98 Å². The summed E-state index contributed by atoms with van der Waals surface area (Å²) in [6.45, 7) is 3.61. The average Bonchev–Trinajstić information content (AvgIpc) is 2.92. The van der Waals surface area contributed by atoms with Crippen LogP contribution in [-0.2, 0) is 5.54 Å². The lowest BCUT2D eigenvalue weighted by Crippen LogP contribution is -2.41. The van der Waals surface area contributed by atoms with Crippen LogP contribution in [-0.4, -0.2) is 15.8 Å². The molecule has 0 spiro atoms. The second-order valence-electron chi connectivity index (χ2n) is 4.91. The first-order valence-electron chi connectivity index (χ1n) is 6.08. The molecule has 3 N–H and O–H groups in total. The summed E-state index contributed by atoms with van der Waals surface area (Å²) in [5.41, 5.74) is 4.67. The number of aromatic nitrogens is 1. The van der Waals surface area contributed by atoms with Crippen LogP contribution in [0.1, 0.15) is 29.2 Å². The summed E-state index contributed by atoms with van der Waals surface area (Å²) in [4.78, 5) is 26.7. The van der Waals surface area contributed by atoms with E-state index in [2.05, 4.69) is 10.3 Å². The molecule has 1 amide bonds. The molecule has 0 saturated carbocycles. The van der Waals surface area contributed by atoms with E-state index in [1.54, 1.807) is 20.0 Å². The van der Waals surface area contributed by atoms with Gasteiger partial charge in [0.25, 0.3) is 11.6 Å². The van der Waals surface area contributed by atoms with Gasteiger partial charge in [-0.15, -0.1) is 11.3 Å². The van der Waals surface area contributed by atoms with Crippen LogP contribution in [0.5, 0.6) is 0 Å². The quantitative estimate of drug-likeness (QED) is 0.511. The Morgan fingerprint density at radius 2 is 2.19 bits per heavy atom. The van der Waals surface area contributed by atoms with Gasteiger partial charge in [-0.2, -0.15) is 0 Å². The molecule has 110 valence electrons. The summed E-state index contributed by atoms with van der Waals surface area (Å²) in [7, 11) is 0. The zero-order chi connectivity index (χ0) is 15.6. The van der Waals surface area contributed by atoms with Gasteiger partial charge in [0.05, 0.1) is 16.0 Å². The fourth-order valence-corrected chi connectivity index (χ4v) is 2.56. The van der Waals surface area contributed by atoms with Gasteiger partial charge < -0.3 is 11.1 Å². The van der Waals surface area contributed by atoms with E-state index in [-0.39, 0.29) is 16.9 Å². The topological polar surface area (TPSA) is 111 Å². The van der Waals surface area contributed by atoms with Crippen LogP contribution in [0, 0.1) is 10.1 Å². The molecule has 0 aliphatic heterocycles. The van der Waals surface area contributed by atoms with Crippen LogP contribution < -0.4 is 11.1 Å². The Hall–Kier alpha value is -2.48. The molecule has 2 rings (SSSR count). The van der Waals surface area contributed by atoms with E-state index in [4.69, 9.17) is 5.73 Å². The molecular weight excluding hydrogens is 292 g/mol. The average molecular weight is 306 g/mol. The number of hydrogen-bond acceptors (Lipinski definition) is 6. The molecule has 1 aromatic heterocycles. The molecule has 0 saturated heterocycles. The highest BCUT2D eigenvalue weighted by atomic mass is 32.1. The maximum absolute atomic E-state index is 12.3. The van der Waals surface area contributed by atoms with Gasteiger partial charge in [-0.05, 0) is 19.9 Å². The maximum Gasteiger partial charge on any atom is 0.292 e. The van der Waals surface area contributed by atoms with Gasteiger partial charge in [0.15, 0.2) is 0 Å². The number of nitrogen functional groups attached to an aromatic ring is 1. The molecule has 21 heavy (non-hydrogen) atoms. The normalized spacial score (nSPS) is 11.1. The highest BCUT2D eigenvalue weighted by Crippen LogP contribution is 2.27. The number of benzene rings is 1. The highest BCUT2D eigenvalue weighted by Gasteiger charge is 2.28. The molecule has 0 aliphatic rings. The summed E-state index contributed by atoms with van der Waals surface area (Å²) in [6.07, 6.45) is 1.65. The van der Waals surface area contributed by atoms with Gasteiger partial charge in [-0.3, -0.25) is 14.9 Å². The molecule has 0 fully saturated rings. The third-order valence-corrected chi connectivity index (χ3v) is 4.01. The molecule has 0 bridgehead atoms. The fourth-order valence-electron chi connectivity index (χ4n) is 1.85. The van der Waals surface area contributed by atoms with Crippen molar-refractivity contribution in [2.75, 3.05) is 5.73 Å². The van der Waals surface area contributed by atoms with Crippen LogP contribution >= 0.6 is 11.3 Å². The van der Waals surface area contributed by atoms with Crippen LogP contribution in [0.3, 0.4) is 0 Å². The lowest BCUT2D eigenvalue weighted by molar-refractivity contribution is -0.383. The maximum atomic E-state index is 12.3. The number of nitrogens with two attached hydrogens (primary N) is 1. The largest absolute Gasteiger partial charge is 0.393 e. The second-order valence-corrected chi connectivity index (χ2v) is 5.81. The molecule has 8 heteroatoms. The van der Waals surface area contributed by atoms with Gasteiger partial charge >= 0.3 is 0 Å². The SMILES string of the molecule is CC(C)(NC(=O)c1cccc([N+](=O)[O-])c1N)c1nccs1. The minimum absolute atomic E-state index is 0.0776. The molecule has 0 radical (unpaired) electrons. The molecule has 7 nitrogen and oxygen atoms in total. The third kappa shape index (κ3) is 3.00. The number of nitrogens with one attached hydrogen (secondary N) is 1. The number of rotatable bonds is 4. The van der Waals surface area contributed by atoms with E-state index < -0.39 is 16.4 Å². The van der Waals surface area contributed by atoms with Gasteiger partial charge in [0, 0.05) is 17.6 Å². The van der Waals surface area contributed by atoms with Gasteiger partial charge in [-0.1, -0.05) is 6.07 Å². The van der Waals surface area contributed by atoms with E-state index in [1.807, 2.05) is 5.38 Å². The number of carbonyl (C=O) groups is 1. The van der Waals surface area contributed by atoms with Crippen molar-refractivity contribution >= 4 is 28.6 Å². The second kappa shape index (κ2) is 5.49. The number of para-hydroxylation sites is 1. The smallest absolute Gasteiger partial charge is 0.292 e. The Kier molecular flexibility index (Phi) is 3.90. The van der Waals surface area contributed by atoms with Crippen molar-refractivity contribution in [2.24, 2.45) is 0 Å². The Balaban J connectivity index is 2.29. The number of thiazole rings is 1. The highest BCUT2D eigenvalue weighted by molar-refractivity contribution is 7.09. The van der Waals surface area contributed by atoms with Gasteiger partial charge in [0.1, 0.15) is 10.7 Å². The lowest BCUT2D eigenvalue weighted by atomic mass is 10.0. The van der Waals surface area contributed by atoms with E-state index in [9.17, 15) is 14.9 Å². The van der Waals surface area contributed by atoms with Crippen molar-refractivity contribution in [1.29, 1.82) is 0 Å². The first-order valence-corrected chi connectivity index (χ1v) is 6.96. The van der Waals surface area contributed by atoms with E-state index >= 15 is 0 Å². The zero-order valence-electron chi connectivity index (χ0n) is 11.5.